The third-order valence-corrected chi connectivity index (χ3v) is 14.2. The maximum absolute atomic E-state index is 12.1. The van der Waals surface area contributed by atoms with Crippen LogP contribution >= 0.6 is 0 Å². The van der Waals surface area contributed by atoms with Crippen LogP contribution in [-0.4, -0.2) is 56.8 Å². The lowest BCUT2D eigenvalue weighted by atomic mass is 10.1. The molecule has 6 nitrogen and oxygen atoms in total. The van der Waals surface area contributed by atoms with Gasteiger partial charge in [0, 0.05) is 18.1 Å². The second kappa shape index (κ2) is 13.0. The maximum Gasteiger partial charge on any atom is 0.379 e. The van der Waals surface area contributed by atoms with Gasteiger partial charge in [-0.3, -0.25) is 4.79 Å². The van der Waals surface area contributed by atoms with E-state index in [0.29, 0.717) is 18.8 Å². The van der Waals surface area contributed by atoms with Crippen LogP contribution in [-0.2, 0) is 22.5 Å². The van der Waals surface area contributed by atoms with Crippen molar-refractivity contribution in [2.45, 2.75) is 71.6 Å². The van der Waals surface area contributed by atoms with E-state index in [0.717, 1.165) is 18.9 Å². The number of carbonyl (C=O) groups is 2. The van der Waals surface area contributed by atoms with Crippen LogP contribution in [0.2, 0.25) is 51.9 Å². The Morgan fingerprint density at radius 1 is 0.875 bits per heavy atom. The first-order valence-electron chi connectivity index (χ1n) is 11.5. The van der Waals surface area contributed by atoms with Crippen LogP contribution in [0, 0.1) is 5.92 Å². The fourth-order valence-electron chi connectivity index (χ4n) is 3.41. The molecule has 0 fully saturated rings. The van der Waals surface area contributed by atoms with Crippen molar-refractivity contribution in [2.24, 2.45) is 5.92 Å². The lowest BCUT2D eigenvalue weighted by Gasteiger charge is -2.38. The van der Waals surface area contributed by atoms with Crippen LogP contribution < -0.4 is 0 Å². The van der Waals surface area contributed by atoms with E-state index in [4.69, 9.17) is 17.7 Å². The summed E-state index contributed by atoms with van der Waals surface area (Å²) < 4.78 is 24.2. The molecule has 0 heterocycles. The molecule has 0 aliphatic heterocycles. The second-order valence-electron chi connectivity index (χ2n) is 10.3. The Bertz CT molecular complexity index is 697. The molecule has 1 rings (SSSR count). The van der Waals surface area contributed by atoms with Gasteiger partial charge in [0.1, 0.15) is 0 Å². The van der Waals surface area contributed by atoms with Gasteiger partial charge in [-0.05, 0) is 64.7 Å². The Morgan fingerprint density at radius 3 is 1.94 bits per heavy atom. The molecular weight excluding hydrogens is 457 g/mol. The third kappa shape index (κ3) is 12.2. The van der Waals surface area contributed by atoms with E-state index < -0.39 is 36.9 Å². The van der Waals surface area contributed by atoms with Crippen LogP contribution in [0.3, 0.4) is 0 Å². The molecule has 1 aromatic carbocycles. The van der Waals surface area contributed by atoms with Crippen LogP contribution in [0.1, 0.15) is 30.1 Å². The van der Waals surface area contributed by atoms with Gasteiger partial charge in [-0.2, -0.15) is 0 Å². The molecule has 0 saturated carbocycles. The van der Waals surface area contributed by atoms with Gasteiger partial charge in [0.25, 0.3) is 5.78 Å². The van der Waals surface area contributed by atoms with E-state index in [1.165, 1.54) is 0 Å². The lowest BCUT2D eigenvalue weighted by Crippen LogP contribution is -2.52. The van der Waals surface area contributed by atoms with Crippen molar-refractivity contribution in [3.63, 3.8) is 0 Å². The van der Waals surface area contributed by atoms with Gasteiger partial charge < -0.3 is 17.7 Å². The Hall–Kier alpha value is -1.11. The third-order valence-electron chi connectivity index (χ3n) is 4.57. The summed E-state index contributed by atoms with van der Waals surface area (Å²) in [5.74, 6) is -1.37. The molecule has 0 spiro atoms. The van der Waals surface area contributed by atoms with E-state index in [1.54, 1.807) is 30.3 Å². The number of carbonyl (C=O) groups excluding carboxylic acids is 2. The fraction of sp³-hybridized carbons (Fsp3) is 0.652. The summed E-state index contributed by atoms with van der Waals surface area (Å²) in [7, 11) is -5.64. The standard InChI is InChI=1S/C23H42O6Si3/c1-9-20(19-27-23(25)22(24)21-14-11-10-12-15-21)18-26-16-13-17-32(8,28-30(2,3)4)29-31(5,6)7/h10-12,14-15,20H,9,13,16-19H2,1-8H3. The van der Waals surface area contributed by atoms with E-state index in [9.17, 15) is 9.59 Å². The molecule has 9 heteroatoms. The van der Waals surface area contributed by atoms with Crippen molar-refractivity contribution in [1.82, 2.24) is 0 Å². The minimum atomic E-state index is -2.24. The van der Waals surface area contributed by atoms with Gasteiger partial charge in [-0.1, -0.05) is 37.3 Å². The van der Waals surface area contributed by atoms with Crippen molar-refractivity contribution in [2.75, 3.05) is 19.8 Å². The van der Waals surface area contributed by atoms with Gasteiger partial charge in [0.15, 0.2) is 16.6 Å². The largest absolute Gasteiger partial charge is 0.459 e. The lowest BCUT2D eigenvalue weighted by molar-refractivity contribution is -0.140. The number of benzene rings is 1. The van der Waals surface area contributed by atoms with E-state index in [1.807, 2.05) is 6.92 Å². The normalized spacial score (nSPS) is 13.6. The van der Waals surface area contributed by atoms with E-state index in [2.05, 4.69) is 45.8 Å². The molecule has 1 atom stereocenters. The molecule has 0 amide bonds. The first-order valence-corrected chi connectivity index (χ1v) is 20.8. The summed E-state index contributed by atoms with van der Waals surface area (Å²) in [6.07, 6.45) is 1.68. The highest BCUT2D eigenvalue weighted by Gasteiger charge is 2.39. The van der Waals surface area contributed by atoms with Gasteiger partial charge in [-0.15, -0.1) is 0 Å². The number of hydrogen-bond donors (Lipinski definition) is 0. The van der Waals surface area contributed by atoms with Crippen molar-refractivity contribution in [3.8, 4) is 0 Å². The zero-order valence-corrected chi connectivity index (χ0v) is 24.2. The topological polar surface area (TPSA) is 71.1 Å². The second-order valence-corrected chi connectivity index (χ2v) is 23.2. The highest BCUT2D eigenvalue weighted by molar-refractivity contribution is 6.87. The fourth-order valence-corrected chi connectivity index (χ4v) is 15.9. The number of rotatable bonds is 15. The average Bonchev–Trinajstić information content (AvgIpc) is 2.66. The quantitative estimate of drug-likeness (QED) is 0.103. The predicted molar refractivity (Wildman–Crippen MR) is 136 cm³/mol. The SMILES string of the molecule is CCC(COCCC[Si](C)(O[Si](C)(C)C)O[Si](C)(C)C)COC(=O)C(=O)c1ccccc1. The highest BCUT2D eigenvalue weighted by atomic mass is 28.5. The minimum Gasteiger partial charge on any atom is -0.459 e. The molecule has 182 valence electrons. The Labute approximate surface area is 197 Å². The summed E-state index contributed by atoms with van der Waals surface area (Å²) in [5.41, 5.74) is 0.343. The van der Waals surface area contributed by atoms with Crippen molar-refractivity contribution in [3.05, 3.63) is 35.9 Å². The monoisotopic (exact) mass is 498 g/mol. The van der Waals surface area contributed by atoms with Crippen molar-refractivity contribution >= 4 is 36.9 Å². The molecule has 32 heavy (non-hydrogen) atoms. The smallest absolute Gasteiger partial charge is 0.379 e. The van der Waals surface area contributed by atoms with Gasteiger partial charge in [0.2, 0.25) is 0 Å². The number of ether oxygens (including phenoxy) is 2. The molecular formula is C23H42O6Si3. The average molecular weight is 499 g/mol. The molecule has 1 aromatic rings. The summed E-state index contributed by atoms with van der Waals surface area (Å²) in [6.45, 7) is 18.7. The zero-order chi connectivity index (χ0) is 24.4. The molecule has 0 aliphatic carbocycles. The highest BCUT2D eigenvalue weighted by Crippen LogP contribution is 2.25. The first kappa shape index (κ1) is 28.9. The number of ketones is 1. The molecule has 0 bridgehead atoms. The molecule has 0 saturated heterocycles. The number of Topliss-reactive ketones (excluding diaryl/α,β-unsaturated/α-hetero) is 1. The van der Waals surface area contributed by atoms with Crippen LogP contribution in [0.25, 0.3) is 0 Å². The van der Waals surface area contributed by atoms with Crippen molar-refractivity contribution < 1.29 is 27.3 Å². The van der Waals surface area contributed by atoms with Crippen LogP contribution in [0.4, 0.5) is 0 Å². The molecule has 0 N–H and O–H groups in total. The summed E-state index contributed by atoms with van der Waals surface area (Å²) in [4.78, 5) is 24.2. The van der Waals surface area contributed by atoms with Crippen LogP contribution in [0.15, 0.2) is 30.3 Å². The number of hydrogen-bond acceptors (Lipinski definition) is 6. The summed E-state index contributed by atoms with van der Waals surface area (Å²) >= 11 is 0. The first-order chi connectivity index (χ1) is 14.7. The molecule has 0 aliphatic rings. The molecule has 0 radical (unpaired) electrons. The minimum absolute atomic E-state index is 0.0580. The Morgan fingerprint density at radius 2 is 1.44 bits per heavy atom. The van der Waals surface area contributed by atoms with E-state index >= 15 is 0 Å². The Kier molecular flexibility index (Phi) is 11.7. The van der Waals surface area contributed by atoms with Crippen LogP contribution in [0.5, 0.6) is 0 Å². The van der Waals surface area contributed by atoms with Gasteiger partial charge in [-0.25, -0.2) is 4.79 Å². The van der Waals surface area contributed by atoms with Gasteiger partial charge in [0.05, 0.1) is 13.2 Å². The molecule has 0 aromatic heterocycles. The van der Waals surface area contributed by atoms with Gasteiger partial charge >= 0.3 is 14.5 Å². The predicted octanol–water partition coefficient (Wildman–Crippen LogP) is 5.62. The Balaban J connectivity index is 2.43. The van der Waals surface area contributed by atoms with Crippen molar-refractivity contribution in [1.29, 1.82) is 0 Å². The maximum atomic E-state index is 12.1. The molecule has 1 unspecified atom stereocenters. The summed E-state index contributed by atoms with van der Waals surface area (Å²) in [5, 5.41) is 0. The van der Waals surface area contributed by atoms with E-state index in [-0.39, 0.29) is 12.5 Å². The number of esters is 1. The zero-order valence-electron chi connectivity index (χ0n) is 21.2. The summed E-state index contributed by atoms with van der Waals surface area (Å²) in [6, 6.07) is 9.36.